The van der Waals surface area contributed by atoms with E-state index in [9.17, 15) is 63.0 Å². The fourth-order valence-electron chi connectivity index (χ4n) is 9.86. The number of aliphatic carboxylic acids is 1. The molecule has 3 heterocycles. The van der Waals surface area contributed by atoms with Crippen LogP contribution in [0.4, 0.5) is 0 Å². The second-order valence-corrected chi connectivity index (χ2v) is 25.3. The highest BCUT2D eigenvalue weighted by atomic mass is 32.2. The lowest BCUT2D eigenvalue weighted by Crippen LogP contribution is -2.61. The van der Waals surface area contributed by atoms with Gasteiger partial charge < -0.3 is 78.3 Å². The lowest BCUT2D eigenvalue weighted by molar-refractivity contribution is -0.144. The summed E-state index contributed by atoms with van der Waals surface area (Å²) in [6.45, 7) is 6.36. The van der Waals surface area contributed by atoms with Crippen LogP contribution in [0.3, 0.4) is 0 Å². The Labute approximate surface area is 531 Å². The van der Waals surface area contributed by atoms with Gasteiger partial charge in [-0.05, 0) is 112 Å². The molecule has 31 heteroatoms. The van der Waals surface area contributed by atoms with Crippen LogP contribution >= 0.6 is 35.3 Å². The summed E-state index contributed by atoms with van der Waals surface area (Å²) in [6.07, 6.45) is 4.46. The first-order valence-corrected chi connectivity index (χ1v) is 33.9. The van der Waals surface area contributed by atoms with E-state index in [1.165, 1.54) is 47.1 Å². The van der Waals surface area contributed by atoms with Gasteiger partial charge in [0.05, 0.1) is 25.7 Å². The van der Waals surface area contributed by atoms with Gasteiger partial charge in [0.25, 0.3) is 5.91 Å². The van der Waals surface area contributed by atoms with Crippen LogP contribution in [-0.2, 0) is 73.9 Å². The zero-order valence-corrected chi connectivity index (χ0v) is 53.8. The Kier molecular flexibility index (Phi) is 32.9. The van der Waals surface area contributed by atoms with Crippen molar-refractivity contribution in [2.45, 2.75) is 184 Å². The van der Waals surface area contributed by atoms with Gasteiger partial charge in [0, 0.05) is 42.5 Å². The molecule has 1 aromatic rings. The Morgan fingerprint density at radius 2 is 1.39 bits per heavy atom. The largest absolute Gasteiger partial charge is 0.494 e. The third-order valence-electron chi connectivity index (χ3n) is 15.0. The molecule has 3 aliphatic rings. The van der Waals surface area contributed by atoms with E-state index in [0.29, 0.717) is 56.6 Å². The topological polar surface area (TPSA) is 419 Å². The molecular formula is C58H90N12O16S3. The molecule has 4 rings (SSSR count). The van der Waals surface area contributed by atoms with Crippen LogP contribution in [-0.4, -0.2) is 208 Å². The number of aliphatic hydroxyl groups excluding tert-OH is 1. The number of nitrogens with two attached hydrogens (primary N) is 2. The van der Waals surface area contributed by atoms with Crippen molar-refractivity contribution >= 4 is 112 Å². The molecule has 1 aromatic carbocycles. The molecule has 4 bridgehead atoms. The molecule has 10 atom stereocenters. The molecule has 496 valence electrons. The summed E-state index contributed by atoms with van der Waals surface area (Å²) in [4.78, 5) is 173. The predicted molar refractivity (Wildman–Crippen MR) is 336 cm³/mol. The fraction of sp³-hybridized carbons (Fsp3) is 0.672. The normalized spacial score (nSPS) is 25.5. The number of rotatable bonds is 16. The molecule has 0 unspecified atom stereocenters. The Morgan fingerprint density at radius 3 is 2.03 bits per heavy atom. The fourth-order valence-corrected chi connectivity index (χ4v) is 12.3. The maximum Gasteiger partial charge on any atom is 0.305 e. The van der Waals surface area contributed by atoms with E-state index in [1.807, 2.05) is 25.1 Å². The van der Waals surface area contributed by atoms with Crippen LogP contribution < -0.4 is 53.4 Å². The Bertz CT molecular complexity index is 2640. The molecular weight excluding hydrogens is 1220 g/mol. The smallest absolute Gasteiger partial charge is 0.305 e. The van der Waals surface area contributed by atoms with Crippen LogP contribution in [0.2, 0.25) is 0 Å². The zero-order valence-electron chi connectivity index (χ0n) is 51.4. The van der Waals surface area contributed by atoms with Crippen molar-refractivity contribution in [2.75, 3.05) is 56.4 Å². The molecule has 1 fully saturated rings. The number of aliphatic hydroxyl groups is 1. The molecule has 0 radical (unpaired) electrons. The van der Waals surface area contributed by atoms with Crippen molar-refractivity contribution in [3.05, 3.63) is 29.3 Å². The number of oxime groups is 1. The summed E-state index contributed by atoms with van der Waals surface area (Å²) < 4.78 is 6.25. The summed E-state index contributed by atoms with van der Waals surface area (Å²) in [5.41, 5.74) is 12.7. The summed E-state index contributed by atoms with van der Waals surface area (Å²) in [7, 11) is 0. The maximum absolute atomic E-state index is 15.0. The van der Waals surface area contributed by atoms with E-state index in [2.05, 4.69) is 42.4 Å². The van der Waals surface area contributed by atoms with Gasteiger partial charge in [-0.25, -0.2) is 0 Å². The number of hydrogen-bond acceptors (Lipinski definition) is 19. The van der Waals surface area contributed by atoms with Crippen LogP contribution in [0, 0.1) is 5.92 Å². The van der Waals surface area contributed by atoms with Crippen LogP contribution in [0.15, 0.2) is 23.4 Å². The molecule has 28 nitrogen and oxygen atoms in total. The number of carboxylic acid groups (broad SMARTS) is 1. The van der Waals surface area contributed by atoms with Gasteiger partial charge in [0.1, 0.15) is 66.9 Å². The SMILES string of the molecule is CCCCN1CC(=O)N[C@@H]([C@@H](C)O)C(=O)N[C@H](C(N)=O)CSCc2cc3cc(c2)OCCCCCCO/N=C/C(=O)N[C@@H](CCCC(N)=O)C(=O)N[C@@H](CSC3)C(=O)N2CCC[C@H]2C(=O)N[C@@H](CCSC)C(=O)N[C@@H](CC(=O)O)C(=O)N[C@@H]([C@@H](C)CC)C1=O. The number of amides is 11. The number of unbranched alkanes of at least 4 members (excludes halogenated alkanes) is 1. The average Bonchev–Trinajstić information content (AvgIpc) is 2.36. The minimum absolute atomic E-state index is 0.00899. The van der Waals surface area contributed by atoms with Crippen molar-refractivity contribution in [3.63, 3.8) is 0 Å². The molecule has 0 saturated carbocycles. The number of thioether (sulfide) groups is 3. The maximum atomic E-state index is 15.0. The number of carboxylic acids is 1. The van der Waals surface area contributed by atoms with Crippen molar-refractivity contribution in [2.24, 2.45) is 22.5 Å². The first kappa shape index (κ1) is 74.6. The number of nitrogens with zero attached hydrogens (tertiary/aromatic N) is 3. The van der Waals surface area contributed by atoms with E-state index in [-0.39, 0.29) is 74.8 Å². The van der Waals surface area contributed by atoms with E-state index in [0.717, 1.165) is 35.1 Å². The van der Waals surface area contributed by atoms with Crippen molar-refractivity contribution in [1.29, 1.82) is 0 Å². The Hall–Kier alpha value is -6.86. The number of hydrogen-bond donors (Lipinski definition) is 11. The lowest BCUT2D eigenvalue weighted by Gasteiger charge is -2.32. The van der Waals surface area contributed by atoms with Gasteiger partial charge in [0.2, 0.25) is 59.1 Å². The number of carbonyl (C=O) groups is 12. The Balaban J connectivity index is 1.85. The van der Waals surface area contributed by atoms with Crippen LogP contribution in [0.25, 0.3) is 0 Å². The number of fused-ring (bicyclic) bond motifs is 6. The number of nitrogens with one attached hydrogen (secondary N) is 7. The molecule has 89 heavy (non-hydrogen) atoms. The third-order valence-corrected chi connectivity index (χ3v) is 17.8. The molecule has 3 aliphatic heterocycles. The second kappa shape index (κ2) is 39.3. The van der Waals surface area contributed by atoms with Gasteiger partial charge in [-0.3, -0.25) is 57.5 Å². The van der Waals surface area contributed by atoms with E-state index in [4.69, 9.17) is 21.0 Å². The van der Waals surface area contributed by atoms with Crippen molar-refractivity contribution < 1.29 is 77.3 Å². The molecule has 0 aliphatic carbocycles. The highest BCUT2D eigenvalue weighted by Gasteiger charge is 2.41. The lowest BCUT2D eigenvalue weighted by atomic mass is 9.96. The standard InChI is InChI=1S/C58H90N12O16S3/c1-6-8-19-69-29-47(74)67-50(35(4)71)56(82)65-42(51(60)77)32-88-30-36-24-37-26-38(25-36)85-21-11-9-10-12-22-86-61-28-46(73)62-39(15-13-17-45(59)72)52(78)66-43(33-89-31-37)57(83)70-20-14-16-44(70)55(81)63-40(18-23-87-5)53(79)64-41(27-48(75)76)54(80)68-49(58(69)84)34(3)7-2/h24-26,28,34-35,39-44,49-50,71H,6-23,27,29-33H2,1-5H3,(H2,59,72)(H2,60,77)(H,62,73)(H,63,81)(H,64,79)(H,65,82)(H,66,78)(H,67,74)(H,68,80)(H,75,76)/b61-28+/t34-,35+,39-,40-,41-,42-,43-,44-,49-,50-/m0/s1. The van der Waals surface area contributed by atoms with Crippen molar-refractivity contribution in [3.8, 4) is 5.75 Å². The molecule has 11 amide bonds. The summed E-state index contributed by atoms with van der Waals surface area (Å²) in [6, 6.07) is -5.88. The molecule has 0 spiro atoms. The highest BCUT2D eigenvalue weighted by molar-refractivity contribution is 7.99. The van der Waals surface area contributed by atoms with Gasteiger partial charge in [0.15, 0.2) is 0 Å². The number of ether oxygens (including phenoxy) is 1. The Morgan fingerprint density at radius 1 is 0.742 bits per heavy atom. The first-order chi connectivity index (χ1) is 42.5. The van der Waals surface area contributed by atoms with Crippen LogP contribution in [0.5, 0.6) is 5.75 Å². The second-order valence-electron chi connectivity index (χ2n) is 22.3. The van der Waals surface area contributed by atoms with Crippen molar-refractivity contribution in [1.82, 2.24) is 47.0 Å². The average molecular weight is 1310 g/mol. The third kappa shape index (κ3) is 25.9. The van der Waals surface area contributed by atoms with E-state index >= 15 is 4.79 Å². The monoisotopic (exact) mass is 1310 g/mol. The molecule has 0 aromatic heterocycles. The highest BCUT2D eigenvalue weighted by Crippen LogP contribution is 2.27. The molecule has 13 N–H and O–H groups in total. The minimum Gasteiger partial charge on any atom is -0.494 e. The van der Waals surface area contributed by atoms with E-state index < -0.39 is 144 Å². The first-order valence-electron chi connectivity index (χ1n) is 30.2. The van der Waals surface area contributed by atoms with Gasteiger partial charge in [-0.15, -0.1) is 0 Å². The summed E-state index contributed by atoms with van der Waals surface area (Å²) in [5, 5.41) is 42.8. The number of primary amides is 2. The van der Waals surface area contributed by atoms with Crippen LogP contribution in [0.1, 0.15) is 129 Å². The molecule has 1 saturated heterocycles. The predicted octanol–water partition coefficient (Wildman–Crippen LogP) is -0.0693. The number of benzene rings is 1. The quantitative estimate of drug-likeness (QED) is 0.103. The number of carbonyl (C=O) groups excluding carboxylic acids is 11. The summed E-state index contributed by atoms with van der Waals surface area (Å²) >= 11 is 3.81. The zero-order chi connectivity index (χ0) is 65.6. The van der Waals surface area contributed by atoms with Gasteiger partial charge in [-0.2, -0.15) is 35.3 Å². The van der Waals surface area contributed by atoms with E-state index in [1.54, 1.807) is 20.1 Å². The van der Waals surface area contributed by atoms with Gasteiger partial charge in [-0.1, -0.05) is 44.8 Å². The van der Waals surface area contributed by atoms with Gasteiger partial charge >= 0.3 is 5.97 Å². The summed E-state index contributed by atoms with van der Waals surface area (Å²) in [5.74, 6) is -10.2. The minimum atomic E-state index is -1.81.